The van der Waals surface area contributed by atoms with Crippen LogP contribution in [0, 0.1) is 0 Å². The van der Waals surface area contributed by atoms with Crippen LogP contribution in [0.15, 0.2) is 40.9 Å². The Balaban J connectivity index is 2.17. The molecule has 0 saturated heterocycles. The van der Waals surface area contributed by atoms with Crippen LogP contribution in [0.5, 0.6) is 0 Å². The highest BCUT2D eigenvalue weighted by molar-refractivity contribution is 9.10. The molecule has 0 aliphatic rings. The van der Waals surface area contributed by atoms with E-state index in [9.17, 15) is 5.11 Å². The van der Waals surface area contributed by atoms with Crippen molar-refractivity contribution >= 4 is 50.7 Å². The summed E-state index contributed by atoms with van der Waals surface area (Å²) in [7, 11) is 0. The molecule has 0 fully saturated rings. The Bertz CT molecular complexity index is 601. The molecule has 1 unspecified atom stereocenters. The molecular formula is C14H10BrCl3O. The Kier molecular flexibility index (Phi) is 5.15. The lowest BCUT2D eigenvalue weighted by Gasteiger charge is -2.12. The van der Waals surface area contributed by atoms with Crippen molar-refractivity contribution in [2.45, 2.75) is 12.5 Å². The Labute approximate surface area is 135 Å². The minimum atomic E-state index is -0.620. The summed E-state index contributed by atoms with van der Waals surface area (Å²) in [6, 6.07) is 10.7. The normalized spacial score (nSPS) is 12.5. The van der Waals surface area contributed by atoms with Gasteiger partial charge in [0.05, 0.1) is 21.2 Å². The number of halogens is 4. The molecule has 1 atom stereocenters. The van der Waals surface area contributed by atoms with E-state index >= 15 is 0 Å². The van der Waals surface area contributed by atoms with E-state index in [0.717, 1.165) is 15.6 Å². The van der Waals surface area contributed by atoms with Crippen molar-refractivity contribution in [3.05, 3.63) is 67.1 Å². The topological polar surface area (TPSA) is 20.2 Å². The first-order valence-corrected chi connectivity index (χ1v) is 7.47. The second-order valence-corrected chi connectivity index (χ2v) is 6.22. The average molecular weight is 380 g/mol. The third kappa shape index (κ3) is 3.87. The van der Waals surface area contributed by atoms with E-state index in [1.54, 1.807) is 24.3 Å². The van der Waals surface area contributed by atoms with Crippen LogP contribution in [0.3, 0.4) is 0 Å². The molecule has 0 bridgehead atoms. The quantitative estimate of drug-likeness (QED) is 0.726. The summed E-state index contributed by atoms with van der Waals surface area (Å²) < 4.78 is 0.764. The molecule has 0 aliphatic heterocycles. The standard InChI is InChI=1S/C14H10BrCl3O/c15-10-7-9(2-4-11(10)16)14(19)6-8-1-3-12(17)13(18)5-8/h1-5,7,14,19H,6H2. The van der Waals surface area contributed by atoms with Gasteiger partial charge in [0.2, 0.25) is 0 Å². The fourth-order valence-electron chi connectivity index (χ4n) is 1.73. The SMILES string of the molecule is OC(Cc1ccc(Cl)c(Cl)c1)c1ccc(Cl)c(Br)c1. The summed E-state index contributed by atoms with van der Waals surface area (Å²) >= 11 is 21.1. The van der Waals surface area contributed by atoms with E-state index in [2.05, 4.69) is 15.9 Å². The van der Waals surface area contributed by atoms with E-state index in [4.69, 9.17) is 34.8 Å². The molecule has 5 heteroatoms. The van der Waals surface area contributed by atoms with E-state index < -0.39 is 6.10 Å². The van der Waals surface area contributed by atoms with Crippen LogP contribution in [-0.2, 0) is 6.42 Å². The molecule has 0 amide bonds. The molecule has 0 spiro atoms. The van der Waals surface area contributed by atoms with E-state index in [0.29, 0.717) is 21.5 Å². The molecule has 2 aromatic rings. The molecule has 0 heterocycles. The number of rotatable bonds is 3. The second-order valence-electron chi connectivity index (χ2n) is 4.14. The molecule has 2 rings (SSSR count). The summed E-state index contributed by atoms with van der Waals surface area (Å²) in [6.45, 7) is 0. The molecule has 19 heavy (non-hydrogen) atoms. The maximum absolute atomic E-state index is 10.2. The van der Waals surface area contributed by atoms with Gasteiger partial charge in [-0.2, -0.15) is 0 Å². The van der Waals surface area contributed by atoms with E-state index in [-0.39, 0.29) is 0 Å². The van der Waals surface area contributed by atoms with Crippen LogP contribution >= 0.6 is 50.7 Å². The van der Waals surface area contributed by atoms with Crippen molar-refractivity contribution in [3.8, 4) is 0 Å². The zero-order chi connectivity index (χ0) is 14.0. The predicted octanol–water partition coefficient (Wildman–Crippen LogP) is 5.69. The second kappa shape index (κ2) is 6.47. The highest BCUT2D eigenvalue weighted by atomic mass is 79.9. The summed E-state index contributed by atoms with van der Waals surface area (Å²) in [4.78, 5) is 0. The van der Waals surface area contributed by atoms with Gasteiger partial charge in [0.1, 0.15) is 0 Å². The maximum atomic E-state index is 10.2. The monoisotopic (exact) mass is 378 g/mol. The number of benzene rings is 2. The molecular weight excluding hydrogens is 370 g/mol. The smallest absolute Gasteiger partial charge is 0.0830 e. The lowest BCUT2D eigenvalue weighted by Crippen LogP contribution is -2.02. The fourth-order valence-corrected chi connectivity index (χ4v) is 2.56. The molecule has 0 radical (unpaired) electrons. The molecule has 0 aromatic heterocycles. The van der Waals surface area contributed by atoms with Gasteiger partial charge in [-0.05, 0) is 51.3 Å². The summed E-state index contributed by atoms with van der Waals surface area (Å²) in [5, 5.41) is 11.8. The summed E-state index contributed by atoms with van der Waals surface area (Å²) in [6.07, 6.45) is -0.156. The van der Waals surface area contributed by atoms with E-state index in [1.165, 1.54) is 0 Å². The zero-order valence-corrected chi connectivity index (χ0v) is 13.6. The number of hydrogen-bond acceptors (Lipinski definition) is 1. The van der Waals surface area contributed by atoms with Crippen molar-refractivity contribution in [3.63, 3.8) is 0 Å². The van der Waals surface area contributed by atoms with Gasteiger partial charge in [-0.1, -0.05) is 46.9 Å². The highest BCUT2D eigenvalue weighted by Gasteiger charge is 2.11. The predicted molar refractivity (Wildman–Crippen MR) is 84.3 cm³/mol. The Morgan fingerprint density at radius 1 is 0.947 bits per heavy atom. The van der Waals surface area contributed by atoms with Gasteiger partial charge in [-0.25, -0.2) is 0 Å². The Morgan fingerprint density at radius 2 is 1.63 bits per heavy atom. The van der Waals surface area contributed by atoms with Crippen LogP contribution in [0.1, 0.15) is 17.2 Å². The Morgan fingerprint density at radius 3 is 2.26 bits per heavy atom. The maximum Gasteiger partial charge on any atom is 0.0830 e. The molecule has 1 nitrogen and oxygen atoms in total. The number of aliphatic hydroxyl groups is 1. The first kappa shape index (κ1) is 15.1. The van der Waals surface area contributed by atoms with Gasteiger partial charge in [-0.15, -0.1) is 0 Å². The molecule has 2 aromatic carbocycles. The molecule has 0 saturated carbocycles. The van der Waals surface area contributed by atoms with Gasteiger partial charge < -0.3 is 5.11 Å². The first-order chi connectivity index (χ1) is 8.97. The van der Waals surface area contributed by atoms with Crippen LogP contribution in [0.4, 0.5) is 0 Å². The lowest BCUT2D eigenvalue weighted by atomic mass is 10.0. The van der Waals surface area contributed by atoms with Crippen molar-refractivity contribution < 1.29 is 5.11 Å². The Hall–Kier alpha value is -0.250. The van der Waals surface area contributed by atoms with Gasteiger partial charge in [0.25, 0.3) is 0 Å². The molecule has 100 valence electrons. The van der Waals surface area contributed by atoms with Gasteiger partial charge in [0, 0.05) is 10.9 Å². The van der Waals surface area contributed by atoms with Crippen molar-refractivity contribution in [2.75, 3.05) is 0 Å². The molecule has 0 aliphatic carbocycles. The van der Waals surface area contributed by atoms with Gasteiger partial charge in [-0.3, -0.25) is 0 Å². The minimum absolute atomic E-state index is 0.463. The first-order valence-electron chi connectivity index (χ1n) is 5.54. The summed E-state index contributed by atoms with van der Waals surface area (Å²) in [5.74, 6) is 0. The van der Waals surface area contributed by atoms with Crippen LogP contribution in [-0.4, -0.2) is 5.11 Å². The van der Waals surface area contributed by atoms with Crippen molar-refractivity contribution in [1.29, 1.82) is 0 Å². The van der Waals surface area contributed by atoms with Crippen molar-refractivity contribution in [2.24, 2.45) is 0 Å². The van der Waals surface area contributed by atoms with Gasteiger partial charge in [0.15, 0.2) is 0 Å². The third-order valence-electron chi connectivity index (χ3n) is 2.74. The third-order valence-corrected chi connectivity index (χ3v) is 4.69. The highest BCUT2D eigenvalue weighted by Crippen LogP contribution is 2.29. The van der Waals surface area contributed by atoms with Gasteiger partial charge >= 0.3 is 0 Å². The number of aliphatic hydroxyl groups excluding tert-OH is 1. The largest absolute Gasteiger partial charge is 0.388 e. The van der Waals surface area contributed by atoms with Crippen LogP contribution < -0.4 is 0 Å². The lowest BCUT2D eigenvalue weighted by molar-refractivity contribution is 0.178. The minimum Gasteiger partial charge on any atom is -0.388 e. The fraction of sp³-hybridized carbons (Fsp3) is 0.143. The zero-order valence-electron chi connectivity index (χ0n) is 9.71. The average Bonchev–Trinajstić information content (AvgIpc) is 2.37. The summed E-state index contributed by atoms with van der Waals surface area (Å²) in [5.41, 5.74) is 1.72. The molecule has 1 N–H and O–H groups in total. The number of hydrogen-bond donors (Lipinski definition) is 1. The van der Waals surface area contributed by atoms with Crippen molar-refractivity contribution in [1.82, 2.24) is 0 Å². The van der Waals surface area contributed by atoms with Crippen LogP contribution in [0.2, 0.25) is 15.1 Å². The van der Waals surface area contributed by atoms with E-state index in [1.807, 2.05) is 12.1 Å². The van der Waals surface area contributed by atoms with Crippen LogP contribution in [0.25, 0.3) is 0 Å².